The summed E-state index contributed by atoms with van der Waals surface area (Å²) in [5.74, 6) is 2.02. The maximum absolute atomic E-state index is 12.7. The van der Waals surface area contributed by atoms with Crippen LogP contribution < -0.4 is 15.0 Å². The van der Waals surface area contributed by atoms with Crippen LogP contribution in [0.5, 0.6) is 11.5 Å². The summed E-state index contributed by atoms with van der Waals surface area (Å²) in [7, 11) is 3.37. The van der Waals surface area contributed by atoms with Crippen LogP contribution in [0.4, 0.5) is 0 Å². The zero-order valence-electron chi connectivity index (χ0n) is 17.5. The molecule has 1 aromatic carbocycles. The number of hydrogen-bond donors (Lipinski definition) is 1. The Morgan fingerprint density at radius 2 is 1.93 bits per heavy atom. The zero-order chi connectivity index (χ0) is 20.5. The first-order valence-electron chi connectivity index (χ1n) is 10.1. The number of ether oxygens (including phenoxy) is 2. The molecule has 1 saturated heterocycles. The normalized spacial score (nSPS) is 17.2. The molecular formula is C22H28N4O3. The highest BCUT2D eigenvalue weighted by molar-refractivity contribution is 5.45. The van der Waals surface area contributed by atoms with Gasteiger partial charge in [-0.3, -0.25) is 14.8 Å². The minimum absolute atomic E-state index is 0.00913. The summed E-state index contributed by atoms with van der Waals surface area (Å²) in [6.07, 6.45) is 1.71. The number of nitrogens with one attached hydrogen (secondary N) is 1. The van der Waals surface area contributed by atoms with Gasteiger partial charge in [0.15, 0.2) is 5.65 Å². The van der Waals surface area contributed by atoms with Crippen LogP contribution in [-0.4, -0.2) is 46.8 Å². The molecule has 0 saturated carbocycles. The molecule has 29 heavy (non-hydrogen) atoms. The summed E-state index contributed by atoms with van der Waals surface area (Å²) >= 11 is 0. The molecule has 2 aromatic heterocycles. The van der Waals surface area contributed by atoms with Gasteiger partial charge in [-0.25, -0.2) is 9.50 Å². The van der Waals surface area contributed by atoms with Gasteiger partial charge >= 0.3 is 0 Å². The standard InChI is InChI=1S/C22H28N4O3/c1-5-16-14(2)23-21-11-18(24-26(21)22(16)27)15-9-10-25(12-15)13-17-19(28-3)7-6-8-20(17)29-4/h6-8,11,15,24H,5,9-10,12-13H2,1-4H3. The molecular weight excluding hydrogens is 368 g/mol. The van der Waals surface area contributed by atoms with Gasteiger partial charge in [-0.05, 0) is 38.4 Å². The predicted molar refractivity (Wildman–Crippen MR) is 112 cm³/mol. The topological polar surface area (TPSA) is 71.9 Å². The van der Waals surface area contributed by atoms with Crippen molar-refractivity contribution in [3.8, 4) is 11.5 Å². The van der Waals surface area contributed by atoms with Gasteiger partial charge in [-0.2, -0.15) is 0 Å². The van der Waals surface area contributed by atoms with E-state index in [2.05, 4.69) is 15.0 Å². The third-order valence-electron chi connectivity index (χ3n) is 5.91. The van der Waals surface area contributed by atoms with E-state index >= 15 is 0 Å². The monoisotopic (exact) mass is 396 g/mol. The lowest BCUT2D eigenvalue weighted by molar-refractivity contribution is 0.305. The molecule has 1 unspecified atom stereocenters. The number of rotatable bonds is 6. The first-order chi connectivity index (χ1) is 14.0. The SMILES string of the molecule is CCc1c(C)nc2cc(C3CCN(Cc4c(OC)cccc4OC)C3)[nH]n2c1=O. The lowest BCUT2D eigenvalue weighted by Crippen LogP contribution is -2.22. The van der Waals surface area contributed by atoms with Crippen molar-refractivity contribution in [2.75, 3.05) is 27.3 Å². The number of aryl methyl sites for hydroxylation is 1. The first-order valence-corrected chi connectivity index (χ1v) is 10.1. The summed E-state index contributed by atoms with van der Waals surface area (Å²) in [5, 5.41) is 3.30. The highest BCUT2D eigenvalue weighted by atomic mass is 16.5. The van der Waals surface area contributed by atoms with Crippen molar-refractivity contribution in [1.29, 1.82) is 0 Å². The Balaban J connectivity index is 1.57. The van der Waals surface area contributed by atoms with Crippen LogP contribution in [0.3, 0.4) is 0 Å². The molecule has 1 atom stereocenters. The van der Waals surface area contributed by atoms with E-state index in [0.717, 1.165) is 60.1 Å². The average molecular weight is 396 g/mol. The van der Waals surface area contributed by atoms with Crippen LogP contribution in [0.25, 0.3) is 5.65 Å². The Kier molecular flexibility index (Phi) is 5.32. The van der Waals surface area contributed by atoms with E-state index in [0.29, 0.717) is 18.0 Å². The van der Waals surface area contributed by atoms with Crippen LogP contribution in [0.1, 0.15) is 41.8 Å². The number of fused-ring (bicyclic) bond motifs is 1. The Morgan fingerprint density at radius 3 is 2.59 bits per heavy atom. The second-order valence-corrected chi connectivity index (χ2v) is 7.60. The number of H-pyrrole nitrogens is 1. The Morgan fingerprint density at radius 1 is 1.21 bits per heavy atom. The molecule has 0 bridgehead atoms. The number of nitrogens with zero attached hydrogens (tertiary/aromatic N) is 3. The third-order valence-corrected chi connectivity index (χ3v) is 5.91. The lowest BCUT2D eigenvalue weighted by atomic mass is 10.1. The molecule has 0 spiro atoms. The summed E-state index contributed by atoms with van der Waals surface area (Å²) in [6, 6.07) is 7.89. The molecule has 154 valence electrons. The molecule has 0 amide bonds. The highest BCUT2D eigenvalue weighted by Crippen LogP contribution is 2.33. The lowest BCUT2D eigenvalue weighted by Gasteiger charge is -2.19. The molecule has 4 rings (SSSR count). The number of likely N-dealkylation sites (tertiary alicyclic amines) is 1. The summed E-state index contributed by atoms with van der Waals surface area (Å²) in [6.45, 7) is 6.54. The quantitative estimate of drug-likeness (QED) is 0.694. The fourth-order valence-electron chi connectivity index (χ4n) is 4.34. The average Bonchev–Trinajstić information content (AvgIpc) is 3.35. The van der Waals surface area contributed by atoms with E-state index in [1.165, 1.54) is 0 Å². The predicted octanol–water partition coefficient (Wildman–Crippen LogP) is 2.90. The van der Waals surface area contributed by atoms with Crippen molar-refractivity contribution in [3.63, 3.8) is 0 Å². The van der Waals surface area contributed by atoms with Crippen molar-refractivity contribution in [2.24, 2.45) is 0 Å². The van der Waals surface area contributed by atoms with Gasteiger partial charge in [0.2, 0.25) is 0 Å². The second-order valence-electron chi connectivity index (χ2n) is 7.60. The molecule has 1 aliphatic rings. The molecule has 3 heterocycles. The fourth-order valence-corrected chi connectivity index (χ4v) is 4.34. The van der Waals surface area contributed by atoms with Gasteiger partial charge < -0.3 is 9.47 Å². The minimum Gasteiger partial charge on any atom is -0.496 e. The molecule has 0 aliphatic carbocycles. The summed E-state index contributed by atoms with van der Waals surface area (Å²) in [5.41, 5.74) is 4.43. The van der Waals surface area contributed by atoms with Crippen molar-refractivity contribution >= 4 is 5.65 Å². The Labute approximate surface area is 170 Å². The van der Waals surface area contributed by atoms with E-state index in [1.807, 2.05) is 38.1 Å². The number of aromatic amines is 1. The third kappa shape index (κ3) is 3.51. The fraction of sp³-hybridized carbons (Fsp3) is 0.455. The maximum atomic E-state index is 12.7. The highest BCUT2D eigenvalue weighted by Gasteiger charge is 2.27. The van der Waals surface area contributed by atoms with Gasteiger partial charge in [0, 0.05) is 42.0 Å². The second kappa shape index (κ2) is 7.91. The van der Waals surface area contributed by atoms with Crippen LogP contribution in [-0.2, 0) is 13.0 Å². The Hall–Kier alpha value is -2.80. The van der Waals surface area contributed by atoms with Crippen LogP contribution in [0.15, 0.2) is 29.1 Å². The van der Waals surface area contributed by atoms with Crippen LogP contribution in [0.2, 0.25) is 0 Å². The smallest absolute Gasteiger partial charge is 0.276 e. The van der Waals surface area contributed by atoms with Gasteiger partial charge in [-0.1, -0.05) is 13.0 Å². The first kappa shape index (κ1) is 19.5. The van der Waals surface area contributed by atoms with Gasteiger partial charge in [-0.15, -0.1) is 0 Å². The number of benzene rings is 1. The maximum Gasteiger partial charge on any atom is 0.276 e. The van der Waals surface area contributed by atoms with E-state index in [4.69, 9.17) is 9.47 Å². The Bertz CT molecular complexity index is 1060. The number of methoxy groups -OCH3 is 2. The van der Waals surface area contributed by atoms with E-state index < -0.39 is 0 Å². The molecule has 3 aromatic rings. The summed E-state index contributed by atoms with van der Waals surface area (Å²) < 4.78 is 12.7. The number of hydrogen-bond acceptors (Lipinski definition) is 5. The van der Waals surface area contributed by atoms with Crippen molar-refractivity contribution in [2.45, 2.75) is 39.2 Å². The van der Waals surface area contributed by atoms with Gasteiger partial charge in [0.25, 0.3) is 5.56 Å². The van der Waals surface area contributed by atoms with Gasteiger partial charge in [0.05, 0.1) is 19.8 Å². The van der Waals surface area contributed by atoms with Crippen molar-refractivity contribution in [3.05, 3.63) is 57.1 Å². The molecule has 0 radical (unpaired) electrons. The molecule has 7 nitrogen and oxygen atoms in total. The van der Waals surface area contributed by atoms with Crippen molar-refractivity contribution in [1.82, 2.24) is 19.5 Å². The van der Waals surface area contributed by atoms with E-state index in [-0.39, 0.29) is 5.56 Å². The van der Waals surface area contributed by atoms with Crippen molar-refractivity contribution < 1.29 is 9.47 Å². The molecule has 1 fully saturated rings. The van der Waals surface area contributed by atoms with E-state index in [9.17, 15) is 4.79 Å². The molecule has 1 aliphatic heterocycles. The van der Waals surface area contributed by atoms with E-state index in [1.54, 1.807) is 18.7 Å². The minimum atomic E-state index is 0.00913. The number of aromatic nitrogens is 3. The van der Waals surface area contributed by atoms with Gasteiger partial charge in [0.1, 0.15) is 11.5 Å². The molecule has 1 N–H and O–H groups in total. The largest absolute Gasteiger partial charge is 0.496 e. The van der Waals surface area contributed by atoms with Crippen LogP contribution in [0, 0.1) is 6.92 Å². The molecule has 7 heteroatoms. The van der Waals surface area contributed by atoms with Crippen LogP contribution >= 0.6 is 0 Å². The summed E-state index contributed by atoms with van der Waals surface area (Å²) in [4.78, 5) is 19.7. The zero-order valence-corrected chi connectivity index (χ0v) is 17.5.